The van der Waals surface area contributed by atoms with Gasteiger partial charge in [0.25, 0.3) is 0 Å². The van der Waals surface area contributed by atoms with Crippen LogP contribution in [-0.4, -0.2) is 47.4 Å². The van der Waals surface area contributed by atoms with Crippen LogP contribution in [-0.2, 0) is 23.2 Å². The average molecular weight is 355 g/mol. The highest BCUT2D eigenvalue weighted by Gasteiger charge is 2.64. The first-order valence-corrected chi connectivity index (χ1v) is 9.84. The van der Waals surface area contributed by atoms with Gasteiger partial charge in [-0.1, -0.05) is 24.3 Å². The molecule has 0 aromatic heterocycles. The molecule has 2 unspecified atom stereocenters. The lowest BCUT2D eigenvalue weighted by atomic mass is 9.53. The number of aliphatic hydroxyl groups is 1. The van der Waals surface area contributed by atoms with Crippen molar-refractivity contribution in [2.24, 2.45) is 5.92 Å². The summed E-state index contributed by atoms with van der Waals surface area (Å²) in [5.41, 5.74) is 3.44. The zero-order valence-corrected chi connectivity index (χ0v) is 16.2. The fourth-order valence-corrected chi connectivity index (χ4v) is 5.92. The first-order chi connectivity index (χ1) is 12.3. The molecule has 4 nitrogen and oxygen atoms in total. The van der Waals surface area contributed by atoms with Crippen LogP contribution in [0.1, 0.15) is 43.9 Å². The quantitative estimate of drug-likeness (QED) is 0.829. The fourth-order valence-electron chi connectivity index (χ4n) is 5.92. The summed E-state index contributed by atoms with van der Waals surface area (Å²) in [7, 11) is 2.25. The Kier molecular flexibility index (Phi) is 3.45. The first-order valence-electron chi connectivity index (χ1n) is 9.84. The maximum atomic E-state index is 9.89. The molecule has 2 bridgehead atoms. The van der Waals surface area contributed by atoms with Crippen LogP contribution in [0.15, 0.2) is 24.3 Å². The van der Waals surface area contributed by atoms with Gasteiger partial charge in [-0.25, -0.2) is 0 Å². The van der Waals surface area contributed by atoms with Gasteiger partial charge < -0.3 is 19.5 Å². The molecule has 1 saturated heterocycles. The molecule has 5 rings (SSSR count). The topological polar surface area (TPSA) is 41.9 Å². The molecule has 0 amide bonds. The van der Waals surface area contributed by atoms with Crippen molar-refractivity contribution in [2.45, 2.75) is 69.5 Å². The summed E-state index contributed by atoms with van der Waals surface area (Å²) < 4.78 is 13.1. The summed E-state index contributed by atoms with van der Waals surface area (Å²) in [6.45, 7) is 7.43. The minimum Gasteiger partial charge on any atom is -0.486 e. The Morgan fingerprint density at radius 3 is 2.85 bits per heavy atom. The Bertz CT molecular complexity index is 780. The molecule has 26 heavy (non-hydrogen) atoms. The Morgan fingerprint density at radius 2 is 2.12 bits per heavy atom. The summed E-state index contributed by atoms with van der Waals surface area (Å²) in [6, 6.07) is 4.78. The van der Waals surface area contributed by atoms with E-state index in [4.69, 9.17) is 9.47 Å². The van der Waals surface area contributed by atoms with Crippen LogP contribution in [0, 0.1) is 5.92 Å². The number of likely N-dealkylation sites (N-methyl/N-ethyl adjacent to an activating group) is 1. The molecular formula is C22H29NO3. The molecule has 5 atom stereocenters. The smallest absolute Gasteiger partial charge is 0.139 e. The van der Waals surface area contributed by atoms with Gasteiger partial charge >= 0.3 is 0 Å². The molecule has 0 saturated carbocycles. The monoisotopic (exact) mass is 355 g/mol. The SMILES string of the molecule is CN1CCC23c4c5ccc(CO)c4OC2[C@@H](OC(C)(C)C)C=C[C@H]3[C@H]1C5. The molecule has 2 aliphatic carbocycles. The maximum absolute atomic E-state index is 9.89. The van der Waals surface area contributed by atoms with Crippen LogP contribution in [0.2, 0.25) is 0 Å². The van der Waals surface area contributed by atoms with E-state index >= 15 is 0 Å². The number of benzene rings is 1. The van der Waals surface area contributed by atoms with E-state index in [2.05, 4.69) is 50.9 Å². The summed E-state index contributed by atoms with van der Waals surface area (Å²) in [5, 5.41) is 9.89. The molecule has 2 heterocycles. The Morgan fingerprint density at radius 1 is 1.31 bits per heavy atom. The van der Waals surface area contributed by atoms with E-state index in [1.165, 1.54) is 11.1 Å². The van der Waals surface area contributed by atoms with E-state index in [1.807, 2.05) is 6.07 Å². The van der Waals surface area contributed by atoms with Gasteiger partial charge in [-0.3, -0.25) is 0 Å². The van der Waals surface area contributed by atoms with Crippen molar-refractivity contribution in [3.63, 3.8) is 0 Å². The Balaban J connectivity index is 1.71. The van der Waals surface area contributed by atoms with Crippen LogP contribution in [0.25, 0.3) is 0 Å². The number of nitrogens with zero attached hydrogens (tertiary/aromatic N) is 1. The number of hydrogen-bond donors (Lipinski definition) is 1. The van der Waals surface area contributed by atoms with Gasteiger partial charge in [0.2, 0.25) is 0 Å². The molecular weight excluding hydrogens is 326 g/mol. The van der Waals surface area contributed by atoms with Crippen LogP contribution in [0.5, 0.6) is 5.75 Å². The molecule has 4 heteroatoms. The third-order valence-corrected chi connectivity index (χ3v) is 6.89. The molecule has 2 aliphatic heterocycles. The van der Waals surface area contributed by atoms with Crippen molar-refractivity contribution >= 4 is 0 Å². The standard InChI is InChI=1S/C22H29NO3/c1-21(2,3)26-17-8-7-15-16-11-13-5-6-14(12-24)19-18(13)22(15,20(17)25-19)9-10-23(16)4/h5-8,15-17,20,24H,9-12H2,1-4H3/t15-,16+,17-,20?,22?/m0/s1. The van der Waals surface area contributed by atoms with Gasteiger partial charge in [-0.15, -0.1) is 0 Å². The summed E-state index contributed by atoms with van der Waals surface area (Å²) in [6.07, 6.45) is 6.72. The highest BCUT2D eigenvalue weighted by atomic mass is 16.6. The van der Waals surface area contributed by atoms with Crippen molar-refractivity contribution < 1.29 is 14.6 Å². The summed E-state index contributed by atoms with van der Waals surface area (Å²) >= 11 is 0. The molecule has 140 valence electrons. The average Bonchev–Trinajstić information content (AvgIpc) is 2.93. The second kappa shape index (κ2) is 5.34. The minimum atomic E-state index is -0.223. The zero-order chi connectivity index (χ0) is 18.3. The van der Waals surface area contributed by atoms with Crippen molar-refractivity contribution in [1.29, 1.82) is 0 Å². The maximum Gasteiger partial charge on any atom is 0.139 e. The van der Waals surface area contributed by atoms with Crippen molar-refractivity contribution in [1.82, 2.24) is 4.90 Å². The number of rotatable bonds is 2. The summed E-state index contributed by atoms with van der Waals surface area (Å²) in [4.78, 5) is 2.52. The molecule has 1 fully saturated rings. The van der Waals surface area contributed by atoms with Crippen LogP contribution < -0.4 is 4.74 Å². The molecule has 4 aliphatic rings. The van der Waals surface area contributed by atoms with E-state index in [9.17, 15) is 5.11 Å². The normalized spacial score (nSPS) is 37.4. The van der Waals surface area contributed by atoms with Crippen molar-refractivity contribution in [3.05, 3.63) is 41.0 Å². The largest absolute Gasteiger partial charge is 0.486 e. The predicted octanol–water partition coefficient (Wildman–Crippen LogP) is 2.81. The lowest BCUT2D eigenvalue weighted by Gasteiger charge is -2.57. The summed E-state index contributed by atoms with van der Waals surface area (Å²) in [5.74, 6) is 1.39. The van der Waals surface area contributed by atoms with Gasteiger partial charge in [-0.2, -0.15) is 0 Å². The molecule has 1 spiro atoms. The molecule has 1 N–H and O–H groups in total. The van der Waals surface area contributed by atoms with Crippen LogP contribution in [0.3, 0.4) is 0 Å². The van der Waals surface area contributed by atoms with E-state index in [0.717, 1.165) is 30.7 Å². The van der Waals surface area contributed by atoms with E-state index in [-0.39, 0.29) is 29.8 Å². The van der Waals surface area contributed by atoms with Crippen molar-refractivity contribution in [3.8, 4) is 5.75 Å². The van der Waals surface area contributed by atoms with E-state index in [0.29, 0.717) is 12.0 Å². The van der Waals surface area contributed by atoms with Gasteiger partial charge in [0.1, 0.15) is 18.0 Å². The predicted molar refractivity (Wildman–Crippen MR) is 100 cm³/mol. The first kappa shape index (κ1) is 16.8. The van der Waals surface area contributed by atoms with Gasteiger partial charge in [0, 0.05) is 28.5 Å². The second-order valence-corrected chi connectivity index (χ2v) is 9.43. The lowest BCUT2D eigenvalue weighted by Crippen LogP contribution is -2.65. The van der Waals surface area contributed by atoms with Crippen molar-refractivity contribution in [2.75, 3.05) is 13.6 Å². The Hall–Kier alpha value is -1.36. The van der Waals surface area contributed by atoms with E-state index < -0.39 is 0 Å². The van der Waals surface area contributed by atoms with Gasteiger partial charge in [0.15, 0.2) is 0 Å². The highest BCUT2D eigenvalue weighted by molar-refractivity contribution is 5.59. The Labute approximate surface area is 155 Å². The minimum absolute atomic E-state index is 0.00493. The number of likely N-dealkylation sites (tertiary alicyclic amines) is 1. The molecule has 0 radical (unpaired) electrons. The number of aliphatic hydroxyl groups excluding tert-OH is 1. The lowest BCUT2D eigenvalue weighted by molar-refractivity contribution is -0.118. The van der Waals surface area contributed by atoms with E-state index in [1.54, 1.807) is 0 Å². The number of piperidine rings is 1. The third kappa shape index (κ3) is 2.07. The number of ether oxygens (including phenoxy) is 2. The third-order valence-electron chi connectivity index (χ3n) is 6.89. The second-order valence-electron chi connectivity index (χ2n) is 9.43. The highest BCUT2D eigenvalue weighted by Crippen LogP contribution is 2.61. The van der Waals surface area contributed by atoms with Crippen LogP contribution >= 0.6 is 0 Å². The number of hydrogen-bond acceptors (Lipinski definition) is 4. The van der Waals surface area contributed by atoms with Crippen LogP contribution in [0.4, 0.5) is 0 Å². The van der Waals surface area contributed by atoms with Gasteiger partial charge in [0.05, 0.1) is 12.2 Å². The molecule has 1 aromatic rings. The zero-order valence-electron chi connectivity index (χ0n) is 16.2. The molecule has 1 aromatic carbocycles. The van der Waals surface area contributed by atoms with Gasteiger partial charge in [-0.05, 0) is 52.8 Å². The fraction of sp³-hybridized carbons (Fsp3) is 0.636.